The van der Waals surface area contributed by atoms with Gasteiger partial charge in [0.25, 0.3) is 0 Å². The summed E-state index contributed by atoms with van der Waals surface area (Å²) in [6.07, 6.45) is 5.30. The standard InChI is InChI=1S/C19H23FN2O/c20-17-7-4-12-21-18(17)22-13-10-19(15-23,11-14-22)9-8-16-5-2-1-3-6-16/h1-7,12,23H,8-11,13-15H2. The summed E-state index contributed by atoms with van der Waals surface area (Å²) in [5.41, 5.74) is 1.25. The predicted octanol–water partition coefficient (Wildman–Crippen LogP) is 3.43. The van der Waals surface area contributed by atoms with Gasteiger partial charge in [0.15, 0.2) is 11.6 Å². The van der Waals surface area contributed by atoms with E-state index < -0.39 is 0 Å². The lowest BCUT2D eigenvalue weighted by Crippen LogP contribution is -2.43. The fraction of sp³-hybridized carbons (Fsp3) is 0.421. The average Bonchev–Trinajstić information content (AvgIpc) is 2.62. The highest BCUT2D eigenvalue weighted by molar-refractivity contribution is 5.40. The molecule has 3 rings (SSSR count). The van der Waals surface area contributed by atoms with Crippen LogP contribution in [0.4, 0.5) is 10.2 Å². The van der Waals surface area contributed by atoms with Crippen LogP contribution in [0.3, 0.4) is 0 Å². The zero-order chi connectivity index (χ0) is 16.1. The molecule has 23 heavy (non-hydrogen) atoms. The maximum absolute atomic E-state index is 13.9. The first kappa shape index (κ1) is 15.9. The van der Waals surface area contributed by atoms with Gasteiger partial charge in [-0.3, -0.25) is 0 Å². The van der Waals surface area contributed by atoms with E-state index in [1.807, 2.05) is 23.1 Å². The van der Waals surface area contributed by atoms with E-state index in [0.717, 1.165) is 38.8 Å². The monoisotopic (exact) mass is 314 g/mol. The molecule has 2 aromatic rings. The molecule has 1 aromatic carbocycles. The summed E-state index contributed by atoms with van der Waals surface area (Å²) in [4.78, 5) is 6.15. The van der Waals surface area contributed by atoms with Crippen molar-refractivity contribution in [2.45, 2.75) is 25.7 Å². The van der Waals surface area contributed by atoms with E-state index in [-0.39, 0.29) is 17.8 Å². The van der Waals surface area contributed by atoms with Crippen LogP contribution in [0, 0.1) is 11.2 Å². The van der Waals surface area contributed by atoms with Gasteiger partial charge in [0.05, 0.1) is 0 Å². The molecule has 1 fully saturated rings. The van der Waals surface area contributed by atoms with Gasteiger partial charge in [-0.1, -0.05) is 30.3 Å². The molecule has 1 aromatic heterocycles. The number of nitrogens with zero attached hydrogens (tertiary/aromatic N) is 2. The van der Waals surface area contributed by atoms with Crippen molar-refractivity contribution in [2.75, 3.05) is 24.6 Å². The zero-order valence-electron chi connectivity index (χ0n) is 13.3. The number of halogens is 1. The summed E-state index contributed by atoms with van der Waals surface area (Å²) in [6.45, 7) is 1.67. The van der Waals surface area contributed by atoms with Crippen LogP contribution in [0.5, 0.6) is 0 Å². The number of piperidine rings is 1. The van der Waals surface area contributed by atoms with Crippen molar-refractivity contribution in [3.05, 3.63) is 60.0 Å². The smallest absolute Gasteiger partial charge is 0.165 e. The average molecular weight is 314 g/mol. The van der Waals surface area contributed by atoms with Crippen LogP contribution in [0.2, 0.25) is 0 Å². The number of rotatable bonds is 5. The molecule has 2 heterocycles. The van der Waals surface area contributed by atoms with Crippen molar-refractivity contribution in [1.29, 1.82) is 0 Å². The van der Waals surface area contributed by atoms with Gasteiger partial charge in [-0.05, 0) is 48.8 Å². The molecule has 0 amide bonds. The van der Waals surface area contributed by atoms with E-state index in [4.69, 9.17) is 0 Å². The van der Waals surface area contributed by atoms with E-state index in [0.29, 0.717) is 5.82 Å². The Bertz CT molecular complexity index is 624. The molecule has 1 aliphatic heterocycles. The van der Waals surface area contributed by atoms with Crippen molar-refractivity contribution >= 4 is 5.82 Å². The van der Waals surface area contributed by atoms with Crippen LogP contribution in [-0.2, 0) is 6.42 Å². The van der Waals surface area contributed by atoms with Crippen LogP contribution in [0.25, 0.3) is 0 Å². The van der Waals surface area contributed by atoms with Gasteiger partial charge >= 0.3 is 0 Å². The highest BCUT2D eigenvalue weighted by Gasteiger charge is 2.34. The molecule has 1 aliphatic rings. The van der Waals surface area contributed by atoms with Crippen molar-refractivity contribution in [1.82, 2.24) is 4.98 Å². The van der Waals surface area contributed by atoms with Crippen molar-refractivity contribution in [2.24, 2.45) is 5.41 Å². The number of anilines is 1. The third-order valence-corrected chi connectivity index (χ3v) is 4.98. The number of aryl methyl sites for hydroxylation is 1. The van der Waals surface area contributed by atoms with E-state index in [1.54, 1.807) is 12.3 Å². The topological polar surface area (TPSA) is 36.4 Å². The Hall–Kier alpha value is -1.94. The normalized spacial score (nSPS) is 17.2. The third kappa shape index (κ3) is 3.70. The molecular formula is C19H23FN2O. The van der Waals surface area contributed by atoms with Gasteiger partial charge in [-0.25, -0.2) is 9.37 Å². The molecule has 0 aliphatic carbocycles. The highest BCUT2D eigenvalue weighted by atomic mass is 19.1. The molecular weight excluding hydrogens is 291 g/mol. The van der Waals surface area contributed by atoms with Crippen LogP contribution in [0.1, 0.15) is 24.8 Å². The summed E-state index contributed by atoms with van der Waals surface area (Å²) in [7, 11) is 0. The molecule has 0 saturated carbocycles. The molecule has 0 radical (unpaired) electrons. The molecule has 0 spiro atoms. The Kier molecular flexibility index (Phi) is 4.91. The second kappa shape index (κ2) is 7.09. The molecule has 0 atom stereocenters. The van der Waals surface area contributed by atoms with Crippen LogP contribution < -0.4 is 4.90 Å². The minimum Gasteiger partial charge on any atom is -0.396 e. The van der Waals surface area contributed by atoms with Gasteiger partial charge < -0.3 is 10.0 Å². The lowest BCUT2D eigenvalue weighted by atomic mass is 9.75. The number of pyridine rings is 1. The Morgan fingerprint density at radius 3 is 2.48 bits per heavy atom. The minimum atomic E-state index is -0.270. The lowest BCUT2D eigenvalue weighted by Gasteiger charge is -2.41. The number of aliphatic hydroxyl groups excluding tert-OH is 1. The quantitative estimate of drug-likeness (QED) is 0.918. The first-order valence-corrected chi connectivity index (χ1v) is 8.23. The number of aromatic nitrogens is 1. The van der Waals surface area contributed by atoms with Crippen LogP contribution in [-0.4, -0.2) is 29.8 Å². The molecule has 1 saturated heterocycles. The van der Waals surface area contributed by atoms with Crippen LogP contribution >= 0.6 is 0 Å². The summed E-state index contributed by atoms with van der Waals surface area (Å²) in [5.74, 6) is 0.162. The molecule has 0 bridgehead atoms. The Balaban J connectivity index is 1.62. The number of hydrogen-bond acceptors (Lipinski definition) is 3. The summed E-state index contributed by atoms with van der Waals surface area (Å²) >= 11 is 0. The number of hydrogen-bond donors (Lipinski definition) is 1. The maximum atomic E-state index is 13.9. The summed E-state index contributed by atoms with van der Waals surface area (Å²) in [6, 6.07) is 13.4. The lowest BCUT2D eigenvalue weighted by molar-refractivity contribution is 0.0871. The van der Waals surface area contributed by atoms with Gasteiger partial charge in [-0.15, -0.1) is 0 Å². The van der Waals surface area contributed by atoms with Crippen LogP contribution in [0.15, 0.2) is 48.7 Å². The SMILES string of the molecule is OCC1(CCc2ccccc2)CCN(c2ncccc2F)CC1. The fourth-order valence-electron chi connectivity index (χ4n) is 3.34. The minimum absolute atomic E-state index is 0.0579. The second-order valence-corrected chi connectivity index (χ2v) is 6.44. The van der Waals surface area contributed by atoms with E-state index in [2.05, 4.69) is 17.1 Å². The van der Waals surface area contributed by atoms with Gasteiger partial charge in [0, 0.05) is 25.9 Å². The van der Waals surface area contributed by atoms with Gasteiger partial charge in [-0.2, -0.15) is 0 Å². The largest absolute Gasteiger partial charge is 0.396 e. The van der Waals surface area contributed by atoms with E-state index in [1.165, 1.54) is 11.6 Å². The maximum Gasteiger partial charge on any atom is 0.165 e. The first-order chi connectivity index (χ1) is 11.2. The Morgan fingerprint density at radius 1 is 1.09 bits per heavy atom. The van der Waals surface area contributed by atoms with Crippen molar-refractivity contribution in [3.8, 4) is 0 Å². The predicted molar refractivity (Wildman–Crippen MR) is 89.9 cm³/mol. The Labute approximate surface area is 136 Å². The van der Waals surface area contributed by atoms with E-state index >= 15 is 0 Å². The number of aliphatic hydroxyl groups is 1. The summed E-state index contributed by atoms with van der Waals surface area (Å²) < 4.78 is 13.9. The molecule has 4 heteroatoms. The molecule has 3 nitrogen and oxygen atoms in total. The zero-order valence-corrected chi connectivity index (χ0v) is 13.3. The molecule has 1 N–H and O–H groups in total. The Morgan fingerprint density at radius 2 is 1.83 bits per heavy atom. The summed E-state index contributed by atoms with van der Waals surface area (Å²) in [5, 5.41) is 9.92. The van der Waals surface area contributed by atoms with Crippen molar-refractivity contribution < 1.29 is 9.50 Å². The van der Waals surface area contributed by atoms with Gasteiger partial charge in [0.1, 0.15) is 0 Å². The second-order valence-electron chi connectivity index (χ2n) is 6.44. The number of benzene rings is 1. The fourth-order valence-corrected chi connectivity index (χ4v) is 3.34. The molecule has 122 valence electrons. The van der Waals surface area contributed by atoms with Gasteiger partial charge in [0.2, 0.25) is 0 Å². The van der Waals surface area contributed by atoms with Crippen molar-refractivity contribution in [3.63, 3.8) is 0 Å². The molecule has 0 unspecified atom stereocenters. The highest BCUT2D eigenvalue weighted by Crippen LogP contribution is 2.37. The van der Waals surface area contributed by atoms with E-state index in [9.17, 15) is 9.50 Å². The third-order valence-electron chi connectivity index (χ3n) is 4.98. The first-order valence-electron chi connectivity index (χ1n) is 8.23.